The quantitative estimate of drug-likeness (QED) is 0.154. The molecule has 3 atom stereocenters. The van der Waals surface area contributed by atoms with Crippen LogP contribution in [-0.2, 0) is 14.4 Å². The number of fused-ring (bicyclic) bond motifs is 2. The fraction of sp³-hybridized carbons (Fsp3) is 0.172. The first kappa shape index (κ1) is 29.4. The fourth-order valence-electron chi connectivity index (χ4n) is 5.22. The molecule has 2 N–H and O–H groups in total. The number of carbonyl (C=O) groups is 3. The number of anilines is 2. The van der Waals surface area contributed by atoms with Gasteiger partial charge in [-0.3, -0.25) is 29.3 Å². The standard InChI is InChI=1S/C29H21ClN4O8S2/c1-41-20-12-14(2-11-19(20)42-13-21(35)31-16-5-3-15(30)4-6-16)22-23-25(43-26-24(22)44-29(38)32-26)28(37)33(27(23)36)17-7-9-18(10-8-17)34(39)40/h2-12,22-23,25H,13H2,1H3,(H,31,35)(H,32,38). The highest BCUT2D eigenvalue weighted by Gasteiger charge is 2.56. The van der Waals surface area contributed by atoms with Crippen LogP contribution in [0.15, 0.2) is 76.6 Å². The Morgan fingerprint density at radius 1 is 1.05 bits per heavy atom. The number of aromatic amines is 1. The summed E-state index contributed by atoms with van der Waals surface area (Å²) in [6.07, 6.45) is 0. The van der Waals surface area contributed by atoms with Crippen molar-refractivity contribution in [2.24, 2.45) is 5.92 Å². The van der Waals surface area contributed by atoms with Gasteiger partial charge in [-0.1, -0.05) is 40.8 Å². The van der Waals surface area contributed by atoms with E-state index in [1.807, 2.05) is 0 Å². The minimum atomic E-state index is -0.872. The van der Waals surface area contributed by atoms with E-state index in [2.05, 4.69) is 10.3 Å². The smallest absolute Gasteiger partial charge is 0.305 e. The van der Waals surface area contributed by atoms with E-state index in [-0.39, 0.29) is 34.4 Å². The second-order valence-corrected chi connectivity index (χ2v) is 12.4. The van der Waals surface area contributed by atoms with Crippen molar-refractivity contribution in [3.63, 3.8) is 0 Å². The molecular formula is C29H21ClN4O8S2. The molecular weight excluding hydrogens is 632 g/mol. The van der Waals surface area contributed by atoms with Gasteiger partial charge in [0.1, 0.15) is 5.25 Å². The molecule has 3 aromatic carbocycles. The predicted octanol–water partition coefficient (Wildman–Crippen LogP) is 4.82. The molecule has 12 nitrogen and oxygen atoms in total. The number of thioether (sulfide) groups is 1. The van der Waals surface area contributed by atoms with Gasteiger partial charge in [0, 0.05) is 33.6 Å². The molecule has 44 heavy (non-hydrogen) atoms. The first-order valence-corrected chi connectivity index (χ1v) is 15.1. The number of H-pyrrole nitrogens is 1. The molecule has 224 valence electrons. The van der Waals surface area contributed by atoms with Gasteiger partial charge in [-0.25, -0.2) is 4.90 Å². The molecule has 0 aliphatic carbocycles. The number of thiazole rings is 1. The molecule has 2 aliphatic heterocycles. The molecule has 15 heteroatoms. The first-order valence-electron chi connectivity index (χ1n) is 13.0. The lowest BCUT2D eigenvalue weighted by Crippen LogP contribution is -2.32. The van der Waals surface area contributed by atoms with E-state index in [1.54, 1.807) is 42.5 Å². The van der Waals surface area contributed by atoms with Gasteiger partial charge in [0.2, 0.25) is 11.8 Å². The first-order chi connectivity index (χ1) is 21.1. The van der Waals surface area contributed by atoms with Gasteiger partial charge < -0.3 is 19.8 Å². The SMILES string of the molecule is COc1cc(C2c3sc(=O)[nH]c3SC3C(=O)N(c4ccc([N+](=O)[O-])cc4)C(=O)C32)ccc1OCC(=O)Nc1ccc(Cl)cc1. The number of nitro groups is 1. The van der Waals surface area contributed by atoms with Crippen LogP contribution in [0.2, 0.25) is 5.02 Å². The molecule has 0 saturated carbocycles. The molecule has 6 rings (SSSR count). The van der Waals surface area contributed by atoms with Crippen LogP contribution >= 0.6 is 34.7 Å². The molecule has 4 aromatic rings. The third kappa shape index (κ3) is 5.42. The maximum atomic E-state index is 13.9. The Labute approximate surface area is 262 Å². The predicted molar refractivity (Wildman–Crippen MR) is 164 cm³/mol. The lowest BCUT2D eigenvalue weighted by Gasteiger charge is -2.30. The van der Waals surface area contributed by atoms with Crippen LogP contribution in [0, 0.1) is 16.0 Å². The minimum Gasteiger partial charge on any atom is -0.493 e. The van der Waals surface area contributed by atoms with E-state index in [9.17, 15) is 29.3 Å². The number of nitrogens with zero attached hydrogens (tertiary/aromatic N) is 2. The number of imide groups is 1. The molecule has 1 saturated heterocycles. The van der Waals surface area contributed by atoms with Crippen molar-refractivity contribution in [3.05, 3.63) is 102 Å². The van der Waals surface area contributed by atoms with Gasteiger partial charge in [0.05, 0.1) is 28.7 Å². The van der Waals surface area contributed by atoms with Crippen LogP contribution in [0.5, 0.6) is 11.5 Å². The third-order valence-corrected chi connectivity index (χ3v) is 9.83. The van der Waals surface area contributed by atoms with Crippen molar-refractivity contribution in [1.82, 2.24) is 4.98 Å². The van der Waals surface area contributed by atoms with Crippen LogP contribution in [0.3, 0.4) is 0 Å². The number of nitro benzene ring substituents is 1. The van der Waals surface area contributed by atoms with Crippen molar-refractivity contribution < 1.29 is 28.8 Å². The van der Waals surface area contributed by atoms with E-state index in [4.69, 9.17) is 21.1 Å². The van der Waals surface area contributed by atoms with Gasteiger partial charge >= 0.3 is 4.87 Å². The summed E-state index contributed by atoms with van der Waals surface area (Å²) in [5.74, 6) is -2.39. The number of ether oxygens (including phenoxy) is 2. The summed E-state index contributed by atoms with van der Waals surface area (Å²) in [6.45, 7) is -0.316. The van der Waals surface area contributed by atoms with Crippen molar-refractivity contribution >= 4 is 69.5 Å². The van der Waals surface area contributed by atoms with Crippen molar-refractivity contribution in [2.45, 2.75) is 16.2 Å². The molecule has 2 aliphatic rings. The maximum Gasteiger partial charge on any atom is 0.305 e. The fourth-order valence-corrected chi connectivity index (χ4v) is 7.87. The highest BCUT2D eigenvalue weighted by Crippen LogP contribution is 2.53. The Morgan fingerprint density at radius 3 is 2.45 bits per heavy atom. The lowest BCUT2D eigenvalue weighted by molar-refractivity contribution is -0.384. The molecule has 1 aromatic heterocycles. The summed E-state index contributed by atoms with van der Waals surface area (Å²) >= 11 is 7.97. The summed E-state index contributed by atoms with van der Waals surface area (Å²) in [4.78, 5) is 67.0. The Kier molecular flexibility index (Phi) is 7.88. The number of hydrogen-bond acceptors (Lipinski definition) is 10. The zero-order valence-electron chi connectivity index (χ0n) is 22.6. The van der Waals surface area contributed by atoms with E-state index >= 15 is 0 Å². The number of carbonyl (C=O) groups excluding carboxylic acids is 3. The molecule has 3 heterocycles. The number of rotatable bonds is 8. The van der Waals surface area contributed by atoms with Gasteiger partial charge in [-0.05, 0) is 54.1 Å². The Balaban J connectivity index is 1.29. The third-order valence-electron chi connectivity index (χ3n) is 7.18. The number of methoxy groups -OCH3 is 1. The van der Waals surface area contributed by atoms with Crippen LogP contribution < -0.4 is 24.6 Å². The van der Waals surface area contributed by atoms with E-state index in [1.165, 1.54) is 31.4 Å². The van der Waals surface area contributed by atoms with E-state index in [0.29, 0.717) is 26.2 Å². The molecule has 0 bridgehead atoms. The Bertz CT molecular complexity index is 1860. The van der Waals surface area contributed by atoms with Crippen LogP contribution in [0.25, 0.3) is 0 Å². The molecule has 0 spiro atoms. The summed E-state index contributed by atoms with van der Waals surface area (Å²) in [7, 11) is 1.43. The van der Waals surface area contributed by atoms with Crippen LogP contribution in [0.4, 0.5) is 17.1 Å². The second-order valence-electron chi connectivity index (χ2n) is 9.79. The lowest BCUT2D eigenvalue weighted by atomic mass is 9.83. The minimum absolute atomic E-state index is 0.172. The zero-order chi connectivity index (χ0) is 31.1. The van der Waals surface area contributed by atoms with E-state index in [0.717, 1.165) is 28.0 Å². The number of amides is 3. The van der Waals surface area contributed by atoms with Gasteiger partial charge in [-0.2, -0.15) is 0 Å². The summed E-state index contributed by atoms with van der Waals surface area (Å²) < 4.78 is 11.3. The monoisotopic (exact) mass is 652 g/mol. The average molecular weight is 653 g/mol. The molecule has 3 unspecified atom stereocenters. The number of halogens is 1. The second kappa shape index (κ2) is 11.8. The highest BCUT2D eigenvalue weighted by atomic mass is 35.5. The summed E-state index contributed by atoms with van der Waals surface area (Å²) in [5.41, 5.74) is 1.19. The Morgan fingerprint density at radius 2 is 1.77 bits per heavy atom. The largest absolute Gasteiger partial charge is 0.493 e. The van der Waals surface area contributed by atoms with Gasteiger partial charge in [0.15, 0.2) is 18.1 Å². The highest BCUT2D eigenvalue weighted by molar-refractivity contribution is 8.00. The molecule has 1 fully saturated rings. The van der Waals surface area contributed by atoms with Crippen LogP contribution in [-0.4, -0.2) is 46.6 Å². The normalized spacial score (nSPS) is 18.9. The van der Waals surface area contributed by atoms with Crippen molar-refractivity contribution in [3.8, 4) is 11.5 Å². The average Bonchev–Trinajstić information content (AvgIpc) is 3.51. The number of nitrogens with one attached hydrogen (secondary N) is 2. The van der Waals surface area contributed by atoms with E-state index < -0.39 is 39.7 Å². The number of non-ortho nitro benzene ring substituents is 1. The summed E-state index contributed by atoms with van der Waals surface area (Å²) in [6, 6.07) is 16.8. The van der Waals surface area contributed by atoms with Crippen LogP contribution in [0.1, 0.15) is 16.4 Å². The summed E-state index contributed by atoms with van der Waals surface area (Å²) in [5, 5.41) is 14.0. The number of aromatic nitrogens is 1. The zero-order valence-corrected chi connectivity index (χ0v) is 25.0. The molecule has 3 amide bonds. The topological polar surface area (TPSA) is 161 Å². The number of benzene rings is 3. The molecule has 0 radical (unpaired) electrons. The maximum absolute atomic E-state index is 13.9. The van der Waals surface area contributed by atoms with Gasteiger partial charge in [0.25, 0.3) is 11.6 Å². The Hall–Kier alpha value is -4.66. The number of hydrogen-bond donors (Lipinski definition) is 2. The van der Waals surface area contributed by atoms with Crippen molar-refractivity contribution in [2.75, 3.05) is 23.9 Å². The van der Waals surface area contributed by atoms with Crippen molar-refractivity contribution in [1.29, 1.82) is 0 Å². The van der Waals surface area contributed by atoms with Gasteiger partial charge in [-0.15, -0.1) is 0 Å².